The Morgan fingerprint density at radius 3 is 3.00 bits per heavy atom. The lowest BCUT2D eigenvalue weighted by atomic mass is 10.1. The minimum absolute atomic E-state index is 0.138. The SMILES string of the molecule is CCOC(=O)n1ncc2ccc(O)c(C)c21. The van der Waals surface area contributed by atoms with Crippen LogP contribution in [0.25, 0.3) is 10.9 Å². The van der Waals surface area contributed by atoms with E-state index in [-0.39, 0.29) is 12.4 Å². The summed E-state index contributed by atoms with van der Waals surface area (Å²) in [6, 6.07) is 3.29. The summed E-state index contributed by atoms with van der Waals surface area (Å²) in [6.45, 7) is 3.75. The first-order valence-corrected chi connectivity index (χ1v) is 4.98. The fourth-order valence-corrected chi connectivity index (χ4v) is 1.60. The summed E-state index contributed by atoms with van der Waals surface area (Å²) in [5, 5.41) is 14.3. The number of phenolic OH excluding ortho intramolecular Hbond substituents is 1. The Bertz CT molecular complexity index is 545. The molecule has 1 N–H and O–H groups in total. The molecule has 0 aliphatic rings. The number of benzene rings is 1. The lowest BCUT2D eigenvalue weighted by Crippen LogP contribution is -2.15. The van der Waals surface area contributed by atoms with Gasteiger partial charge in [-0.15, -0.1) is 0 Å². The van der Waals surface area contributed by atoms with E-state index in [4.69, 9.17) is 4.74 Å². The molecule has 16 heavy (non-hydrogen) atoms. The van der Waals surface area contributed by atoms with Gasteiger partial charge in [-0.3, -0.25) is 0 Å². The normalized spacial score (nSPS) is 10.6. The first-order valence-electron chi connectivity index (χ1n) is 4.98. The van der Waals surface area contributed by atoms with Crippen LogP contribution < -0.4 is 0 Å². The number of carbonyl (C=O) groups excluding carboxylic acids is 1. The average Bonchev–Trinajstić information content (AvgIpc) is 2.68. The van der Waals surface area contributed by atoms with E-state index in [0.29, 0.717) is 11.1 Å². The summed E-state index contributed by atoms with van der Waals surface area (Å²) >= 11 is 0. The number of aryl methyl sites for hydroxylation is 1. The average molecular weight is 220 g/mol. The fourth-order valence-electron chi connectivity index (χ4n) is 1.60. The van der Waals surface area contributed by atoms with Gasteiger partial charge in [0, 0.05) is 10.9 Å². The molecule has 0 amide bonds. The quantitative estimate of drug-likeness (QED) is 0.798. The molecule has 84 valence electrons. The number of phenols is 1. The number of rotatable bonds is 1. The highest BCUT2D eigenvalue weighted by atomic mass is 16.5. The van der Waals surface area contributed by atoms with Gasteiger partial charge in [0.2, 0.25) is 0 Å². The number of carbonyl (C=O) groups is 1. The smallest absolute Gasteiger partial charge is 0.435 e. The van der Waals surface area contributed by atoms with Gasteiger partial charge in [0.25, 0.3) is 0 Å². The molecule has 0 bridgehead atoms. The zero-order chi connectivity index (χ0) is 11.7. The second kappa shape index (κ2) is 3.84. The van der Waals surface area contributed by atoms with Gasteiger partial charge in [0.05, 0.1) is 18.3 Å². The third-order valence-electron chi connectivity index (χ3n) is 2.40. The maximum Gasteiger partial charge on any atom is 0.435 e. The molecule has 5 heteroatoms. The summed E-state index contributed by atoms with van der Waals surface area (Å²) in [6.07, 6.45) is 1.03. The molecule has 0 aliphatic carbocycles. The topological polar surface area (TPSA) is 64.4 Å². The van der Waals surface area contributed by atoms with Crippen molar-refractivity contribution in [3.63, 3.8) is 0 Å². The van der Waals surface area contributed by atoms with Crippen molar-refractivity contribution in [3.8, 4) is 5.75 Å². The number of nitrogens with zero attached hydrogens (tertiary/aromatic N) is 2. The van der Waals surface area contributed by atoms with Crippen molar-refractivity contribution < 1.29 is 14.6 Å². The predicted molar refractivity (Wildman–Crippen MR) is 58.6 cm³/mol. The molecular weight excluding hydrogens is 208 g/mol. The highest BCUT2D eigenvalue weighted by Gasteiger charge is 2.14. The number of hydrogen-bond donors (Lipinski definition) is 1. The third kappa shape index (κ3) is 1.50. The van der Waals surface area contributed by atoms with E-state index in [9.17, 15) is 9.90 Å². The van der Waals surface area contributed by atoms with Gasteiger partial charge in [-0.2, -0.15) is 9.78 Å². The lowest BCUT2D eigenvalue weighted by molar-refractivity contribution is 0.151. The van der Waals surface area contributed by atoms with E-state index >= 15 is 0 Å². The summed E-state index contributed by atoms with van der Waals surface area (Å²) in [7, 11) is 0. The molecule has 0 unspecified atom stereocenters. The van der Waals surface area contributed by atoms with E-state index in [1.807, 2.05) is 0 Å². The van der Waals surface area contributed by atoms with Crippen LogP contribution in [0.15, 0.2) is 18.3 Å². The van der Waals surface area contributed by atoms with Gasteiger partial charge in [0.1, 0.15) is 5.75 Å². The van der Waals surface area contributed by atoms with E-state index < -0.39 is 6.09 Å². The van der Waals surface area contributed by atoms with E-state index in [1.165, 1.54) is 0 Å². The zero-order valence-corrected chi connectivity index (χ0v) is 9.10. The van der Waals surface area contributed by atoms with Crippen molar-refractivity contribution in [2.45, 2.75) is 13.8 Å². The molecule has 0 aliphatic heterocycles. The van der Waals surface area contributed by atoms with Gasteiger partial charge >= 0.3 is 6.09 Å². The molecule has 1 heterocycles. The largest absolute Gasteiger partial charge is 0.508 e. The van der Waals surface area contributed by atoms with Crippen molar-refractivity contribution in [1.29, 1.82) is 0 Å². The van der Waals surface area contributed by atoms with Gasteiger partial charge < -0.3 is 9.84 Å². The molecule has 0 radical (unpaired) electrons. The van der Waals surface area contributed by atoms with Crippen LogP contribution in [-0.2, 0) is 4.74 Å². The highest BCUT2D eigenvalue weighted by Crippen LogP contribution is 2.25. The van der Waals surface area contributed by atoms with Crippen LogP contribution in [0, 0.1) is 6.92 Å². The Balaban J connectivity index is 2.63. The van der Waals surface area contributed by atoms with Crippen molar-refractivity contribution in [2.24, 2.45) is 0 Å². The minimum Gasteiger partial charge on any atom is -0.508 e. The van der Waals surface area contributed by atoms with Crippen molar-refractivity contribution >= 4 is 17.0 Å². The molecule has 0 spiro atoms. The first kappa shape index (κ1) is 10.5. The van der Waals surface area contributed by atoms with Crippen LogP contribution in [0.3, 0.4) is 0 Å². The fraction of sp³-hybridized carbons (Fsp3) is 0.273. The minimum atomic E-state index is -0.536. The van der Waals surface area contributed by atoms with Gasteiger partial charge in [-0.1, -0.05) is 0 Å². The van der Waals surface area contributed by atoms with Crippen molar-refractivity contribution in [1.82, 2.24) is 9.78 Å². The second-order valence-corrected chi connectivity index (χ2v) is 3.40. The molecule has 0 fully saturated rings. The number of hydrogen-bond acceptors (Lipinski definition) is 4. The van der Waals surface area contributed by atoms with Crippen LogP contribution in [-0.4, -0.2) is 27.6 Å². The molecule has 0 atom stereocenters. The Kier molecular flexibility index (Phi) is 2.52. The summed E-state index contributed by atoms with van der Waals surface area (Å²) in [4.78, 5) is 11.6. The molecule has 1 aromatic carbocycles. The Morgan fingerprint density at radius 2 is 2.31 bits per heavy atom. The van der Waals surface area contributed by atoms with Crippen LogP contribution >= 0.6 is 0 Å². The maximum absolute atomic E-state index is 11.6. The summed E-state index contributed by atoms with van der Waals surface area (Å²) in [5.74, 6) is 0.138. The van der Waals surface area contributed by atoms with E-state index in [1.54, 1.807) is 32.2 Å². The summed E-state index contributed by atoms with van der Waals surface area (Å²) < 4.78 is 6.03. The zero-order valence-electron chi connectivity index (χ0n) is 9.10. The highest BCUT2D eigenvalue weighted by molar-refractivity contribution is 5.91. The van der Waals surface area contributed by atoms with Crippen LogP contribution in [0.1, 0.15) is 12.5 Å². The lowest BCUT2D eigenvalue weighted by Gasteiger charge is -2.05. The summed E-state index contributed by atoms with van der Waals surface area (Å²) in [5.41, 5.74) is 1.20. The molecule has 1 aromatic heterocycles. The van der Waals surface area contributed by atoms with Crippen LogP contribution in [0.4, 0.5) is 4.79 Å². The molecule has 0 saturated heterocycles. The molecule has 0 saturated carbocycles. The molecule has 5 nitrogen and oxygen atoms in total. The van der Waals surface area contributed by atoms with Crippen molar-refractivity contribution in [2.75, 3.05) is 6.61 Å². The van der Waals surface area contributed by atoms with E-state index in [2.05, 4.69) is 5.10 Å². The van der Waals surface area contributed by atoms with Crippen LogP contribution in [0.2, 0.25) is 0 Å². The maximum atomic E-state index is 11.6. The Morgan fingerprint density at radius 1 is 1.56 bits per heavy atom. The van der Waals surface area contributed by atoms with Gasteiger partial charge in [-0.05, 0) is 26.0 Å². The van der Waals surface area contributed by atoms with Crippen LogP contribution in [0.5, 0.6) is 5.75 Å². The Hall–Kier alpha value is -2.04. The van der Waals surface area contributed by atoms with E-state index in [0.717, 1.165) is 10.1 Å². The van der Waals surface area contributed by atoms with Gasteiger partial charge in [0.15, 0.2) is 0 Å². The second-order valence-electron chi connectivity index (χ2n) is 3.40. The number of aromatic hydroxyl groups is 1. The monoisotopic (exact) mass is 220 g/mol. The molecule has 2 rings (SSSR count). The number of fused-ring (bicyclic) bond motifs is 1. The number of aromatic nitrogens is 2. The molecular formula is C11H12N2O3. The molecule has 2 aromatic rings. The Labute approximate surface area is 92.2 Å². The van der Waals surface area contributed by atoms with Gasteiger partial charge in [-0.25, -0.2) is 4.79 Å². The first-order chi connectivity index (χ1) is 7.65. The predicted octanol–water partition coefficient (Wildman–Crippen LogP) is 2.05. The third-order valence-corrected chi connectivity index (χ3v) is 2.40. The number of ether oxygens (including phenoxy) is 1. The van der Waals surface area contributed by atoms with Crippen molar-refractivity contribution in [3.05, 3.63) is 23.9 Å². The standard InChI is InChI=1S/C11H12N2O3/c1-3-16-11(15)13-10-7(2)9(14)5-4-8(10)6-12-13/h4-6,14H,3H2,1-2H3.